The van der Waals surface area contributed by atoms with Crippen LogP contribution in [0.2, 0.25) is 0 Å². The van der Waals surface area contributed by atoms with Crippen molar-refractivity contribution in [2.45, 2.75) is 39.1 Å². The Hall–Kier alpha value is -3.87. The molecule has 1 saturated heterocycles. The van der Waals surface area contributed by atoms with Crippen molar-refractivity contribution in [1.82, 2.24) is 15.2 Å². The molecular formula is C24H28F3N5O5. The van der Waals surface area contributed by atoms with Crippen molar-refractivity contribution in [2.24, 2.45) is 0 Å². The van der Waals surface area contributed by atoms with Crippen LogP contribution in [-0.2, 0) is 9.53 Å². The van der Waals surface area contributed by atoms with Gasteiger partial charge in [-0.1, -0.05) is 20.8 Å². The number of hydrogen-bond donors (Lipinski definition) is 2. The number of likely N-dealkylation sites (N-methyl/N-ethyl adjacent to an activating group) is 1. The minimum Gasteiger partial charge on any atom is -0.448 e. The molecule has 200 valence electrons. The Morgan fingerprint density at radius 3 is 2.49 bits per heavy atom. The third-order valence-electron chi connectivity index (χ3n) is 5.87. The first-order valence-corrected chi connectivity index (χ1v) is 11.6. The summed E-state index contributed by atoms with van der Waals surface area (Å²) in [6, 6.07) is 5.96. The first-order valence-electron chi connectivity index (χ1n) is 11.6. The number of anilines is 2. The van der Waals surface area contributed by atoms with E-state index in [0.29, 0.717) is 12.1 Å². The molecule has 2 unspecified atom stereocenters. The monoisotopic (exact) mass is 523 g/mol. The summed E-state index contributed by atoms with van der Waals surface area (Å²) in [7, 11) is 0. The first kappa shape index (κ1) is 27.7. The Morgan fingerprint density at radius 1 is 1.19 bits per heavy atom. The molecule has 0 radical (unpaired) electrons. The first-order chi connectivity index (χ1) is 17.5. The Bertz CT molecular complexity index is 1110. The summed E-state index contributed by atoms with van der Waals surface area (Å²) in [6.07, 6.45) is -4.07. The van der Waals surface area contributed by atoms with Crippen LogP contribution in [0.1, 0.15) is 32.3 Å². The van der Waals surface area contributed by atoms with Crippen LogP contribution in [-0.4, -0.2) is 66.6 Å². The average molecular weight is 524 g/mol. The summed E-state index contributed by atoms with van der Waals surface area (Å²) in [5.74, 6) is -1.36. The molecule has 2 aromatic rings. The molecule has 13 heteroatoms. The Balaban J connectivity index is 1.64. The lowest BCUT2D eigenvalue weighted by atomic mass is 9.94. The van der Waals surface area contributed by atoms with Gasteiger partial charge in [-0.2, -0.15) is 0 Å². The van der Waals surface area contributed by atoms with Crippen molar-refractivity contribution in [3.05, 3.63) is 48.2 Å². The van der Waals surface area contributed by atoms with Crippen LogP contribution < -0.4 is 20.3 Å². The molecule has 2 N–H and O–H groups in total. The summed E-state index contributed by atoms with van der Waals surface area (Å²) in [5, 5.41) is 5.15. The van der Waals surface area contributed by atoms with Gasteiger partial charge in [0.1, 0.15) is 24.2 Å². The average Bonchev–Trinajstić information content (AvgIpc) is 3.14. The fourth-order valence-corrected chi connectivity index (χ4v) is 3.82. The number of alkyl halides is 3. The van der Waals surface area contributed by atoms with Gasteiger partial charge in [-0.15, -0.1) is 13.2 Å². The highest BCUT2D eigenvalue weighted by Crippen LogP contribution is 2.30. The fraction of sp³-hybridized carbons (Fsp3) is 0.417. The second kappa shape index (κ2) is 11.9. The summed E-state index contributed by atoms with van der Waals surface area (Å²) >= 11 is 0. The normalized spacial score (nSPS) is 16.5. The smallest absolute Gasteiger partial charge is 0.448 e. The molecule has 1 aromatic heterocycles. The van der Waals surface area contributed by atoms with Crippen molar-refractivity contribution >= 4 is 29.5 Å². The number of carbonyl (C=O) groups excluding carboxylic acids is 3. The Morgan fingerprint density at radius 2 is 1.86 bits per heavy atom. The van der Waals surface area contributed by atoms with Gasteiger partial charge in [0, 0.05) is 18.7 Å². The minimum absolute atomic E-state index is 0.0938. The number of imide groups is 1. The molecular weight excluding hydrogens is 495 g/mol. The number of rotatable bonds is 10. The number of carbonyl (C=O) groups is 3. The maximum Gasteiger partial charge on any atom is 0.573 e. The molecule has 0 aliphatic carbocycles. The Kier molecular flexibility index (Phi) is 8.92. The molecule has 1 aliphatic rings. The summed E-state index contributed by atoms with van der Waals surface area (Å²) < 4.78 is 46.2. The third kappa shape index (κ3) is 7.32. The van der Waals surface area contributed by atoms with Crippen LogP contribution in [0.4, 0.5) is 34.3 Å². The van der Waals surface area contributed by atoms with Gasteiger partial charge < -0.3 is 19.7 Å². The largest absolute Gasteiger partial charge is 0.573 e. The van der Waals surface area contributed by atoms with Gasteiger partial charge in [0.25, 0.3) is 5.91 Å². The van der Waals surface area contributed by atoms with E-state index < -0.39 is 42.1 Å². The Labute approximate surface area is 211 Å². The second-order valence-corrected chi connectivity index (χ2v) is 8.19. The lowest BCUT2D eigenvalue weighted by Crippen LogP contribution is -2.35. The van der Waals surface area contributed by atoms with Crippen molar-refractivity contribution in [3.8, 4) is 5.75 Å². The second-order valence-electron chi connectivity index (χ2n) is 8.19. The summed E-state index contributed by atoms with van der Waals surface area (Å²) in [5.41, 5.74) is 0.708. The van der Waals surface area contributed by atoms with E-state index in [1.54, 1.807) is 19.1 Å². The lowest BCUT2D eigenvalue weighted by molar-refractivity contribution is -0.274. The fourth-order valence-electron chi connectivity index (χ4n) is 3.82. The molecule has 1 fully saturated rings. The number of pyridine rings is 1. The zero-order valence-electron chi connectivity index (χ0n) is 20.5. The molecule has 0 saturated carbocycles. The van der Waals surface area contributed by atoms with Crippen molar-refractivity contribution in [2.75, 3.05) is 36.5 Å². The number of nitrogens with one attached hydrogen (secondary N) is 2. The molecule has 3 rings (SSSR count). The van der Waals surface area contributed by atoms with E-state index in [4.69, 9.17) is 4.74 Å². The van der Waals surface area contributed by atoms with Gasteiger partial charge >= 0.3 is 18.5 Å². The molecule has 2 atom stereocenters. The number of benzene rings is 1. The molecule has 0 spiro atoms. The van der Waals surface area contributed by atoms with Crippen LogP contribution in [0.5, 0.6) is 5.75 Å². The van der Waals surface area contributed by atoms with Crippen molar-refractivity contribution in [3.63, 3.8) is 0 Å². The maximum atomic E-state index is 13.1. The SMILES string of the molecule is CCN(CC)CCOC(=O)Nc1cc(C(C)C2NC(=O)N(c3ccc(OC(F)(F)F)cc3)C2=O)ccn1. The van der Waals surface area contributed by atoms with Crippen molar-refractivity contribution in [1.29, 1.82) is 0 Å². The number of urea groups is 1. The highest BCUT2D eigenvalue weighted by atomic mass is 19.4. The number of ether oxygens (including phenoxy) is 2. The topological polar surface area (TPSA) is 113 Å². The van der Waals surface area contributed by atoms with Crippen LogP contribution in [0, 0.1) is 0 Å². The number of halogens is 3. The number of hydrogen-bond acceptors (Lipinski definition) is 7. The lowest BCUT2D eigenvalue weighted by Gasteiger charge is -2.19. The van der Waals surface area contributed by atoms with Crippen molar-refractivity contribution < 1.29 is 37.0 Å². The number of aromatic nitrogens is 1. The van der Waals surface area contributed by atoms with Gasteiger partial charge in [-0.05, 0) is 55.1 Å². The van der Waals surface area contributed by atoms with Gasteiger partial charge in [-0.25, -0.2) is 19.5 Å². The predicted octanol–water partition coefficient (Wildman–Crippen LogP) is 4.10. The van der Waals surface area contributed by atoms with Gasteiger partial charge in [0.2, 0.25) is 0 Å². The van der Waals surface area contributed by atoms with Crippen LogP contribution in [0.15, 0.2) is 42.6 Å². The van der Waals surface area contributed by atoms with Crippen LogP contribution >= 0.6 is 0 Å². The van der Waals surface area contributed by atoms with Gasteiger partial charge in [-0.3, -0.25) is 10.1 Å². The van der Waals surface area contributed by atoms with E-state index in [0.717, 1.165) is 30.1 Å². The van der Waals surface area contributed by atoms with E-state index in [-0.39, 0.29) is 18.1 Å². The molecule has 0 bridgehead atoms. The quantitative estimate of drug-likeness (QED) is 0.451. The standard InChI is InChI=1S/C24H28F3N5O5/c1-4-31(5-2)12-13-36-23(35)29-19-14-16(10-11-28-19)15(3)20-21(33)32(22(34)30-20)17-6-8-18(9-7-17)37-24(25,26)27/h6-11,14-15,20H,4-5,12-13H2,1-3H3,(H,30,34)(H,28,29,35). The molecule has 10 nitrogen and oxygen atoms in total. The van der Waals surface area contributed by atoms with E-state index in [1.165, 1.54) is 18.3 Å². The zero-order valence-corrected chi connectivity index (χ0v) is 20.5. The molecule has 1 aliphatic heterocycles. The number of amides is 4. The van der Waals surface area contributed by atoms with Gasteiger partial charge in [0.05, 0.1) is 5.69 Å². The highest BCUT2D eigenvalue weighted by Gasteiger charge is 2.42. The maximum absolute atomic E-state index is 13.1. The number of nitrogens with zero attached hydrogens (tertiary/aromatic N) is 3. The van der Waals surface area contributed by atoms with E-state index in [9.17, 15) is 27.6 Å². The van der Waals surface area contributed by atoms with E-state index in [1.807, 2.05) is 13.8 Å². The molecule has 1 aromatic carbocycles. The molecule has 2 heterocycles. The molecule has 37 heavy (non-hydrogen) atoms. The zero-order chi connectivity index (χ0) is 27.2. The minimum atomic E-state index is -4.86. The third-order valence-corrected chi connectivity index (χ3v) is 5.87. The van der Waals surface area contributed by atoms with E-state index in [2.05, 4.69) is 25.3 Å². The van der Waals surface area contributed by atoms with Gasteiger partial charge in [0.15, 0.2) is 0 Å². The summed E-state index contributed by atoms with van der Waals surface area (Å²) in [4.78, 5) is 44.8. The van der Waals surface area contributed by atoms with E-state index >= 15 is 0 Å². The van der Waals surface area contributed by atoms with Crippen LogP contribution in [0.3, 0.4) is 0 Å². The van der Waals surface area contributed by atoms with Crippen LogP contribution in [0.25, 0.3) is 0 Å². The highest BCUT2D eigenvalue weighted by molar-refractivity contribution is 6.21. The molecule has 4 amide bonds. The summed E-state index contributed by atoms with van der Waals surface area (Å²) in [6.45, 7) is 8.24. The predicted molar refractivity (Wildman–Crippen MR) is 128 cm³/mol.